The fourth-order valence-electron chi connectivity index (χ4n) is 9.20. The Morgan fingerprint density at radius 1 is 0.604 bits per heavy atom. The summed E-state index contributed by atoms with van der Waals surface area (Å²) in [5.74, 6) is 0.503. The van der Waals surface area contributed by atoms with Crippen molar-refractivity contribution in [3.8, 4) is 11.1 Å². The zero-order valence-electron chi connectivity index (χ0n) is 29.3. The SMILES string of the molecule is CC1C=CC(N(c2ccc3sc4cccc(C5(c6ccccc6)c6ccccc6-c6ccccc65)c4c3c2)c2cccc3oc4ccccc4c23)=CC1. The Kier molecular flexibility index (Phi) is 6.71. The quantitative estimate of drug-likeness (QED) is 0.178. The lowest BCUT2D eigenvalue weighted by Gasteiger charge is -2.34. The molecule has 0 N–H and O–H groups in total. The molecule has 252 valence electrons. The predicted molar refractivity (Wildman–Crippen MR) is 223 cm³/mol. The molecule has 0 aliphatic heterocycles. The molecule has 0 spiro atoms. The molecule has 2 heterocycles. The molecule has 2 nitrogen and oxygen atoms in total. The Labute approximate surface area is 312 Å². The van der Waals surface area contributed by atoms with Crippen molar-refractivity contribution in [3.63, 3.8) is 0 Å². The fourth-order valence-corrected chi connectivity index (χ4v) is 10.3. The van der Waals surface area contributed by atoms with E-state index in [1.165, 1.54) is 59.3 Å². The smallest absolute Gasteiger partial charge is 0.137 e. The molecule has 11 rings (SSSR count). The van der Waals surface area contributed by atoms with Crippen LogP contribution in [-0.4, -0.2) is 0 Å². The summed E-state index contributed by atoms with van der Waals surface area (Å²) in [5.41, 5.74) is 12.6. The number of hydrogen-bond donors (Lipinski definition) is 0. The van der Waals surface area contributed by atoms with Crippen molar-refractivity contribution < 1.29 is 4.42 Å². The second-order valence-corrected chi connectivity index (χ2v) is 15.5. The molecule has 0 bridgehead atoms. The molecule has 1 atom stereocenters. The van der Waals surface area contributed by atoms with Gasteiger partial charge in [-0.3, -0.25) is 0 Å². The molecule has 1 unspecified atom stereocenters. The number of allylic oxidation sites excluding steroid dienone is 3. The van der Waals surface area contributed by atoms with Crippen LogP contribution in [0.25, 0.3) is 53.2 Å². The third-order valence-electron chi connectivity index (χ3n) is 11.5. The van der Waals surface area contributed by atoms with Gasteiger partial charge >= 0.3 is 0 Å². The maximum atomic E-state index is 6.42. The summed E-state index contributed by atoms with van der Waals surface area (Å²) in [6.45, 7) is 2.28. The Balaban J connectivity index is 1.22. The second-order valence-electron chi connectivity index (χ2n) is 14.5. The van der Waals surface area contributed by atoms with E-state index in [0.717, 1.165) is 39.7 Å². The summed E-state index contributed by atoms with van der Waals surface area (Å²) >= 11 is 1.89. The van der Waals surface area contributed by atoms with E-state index < -0.39 is 5.41 Å². The third kappa shape index (κ3) is 4.38. The van der Waals surface area contributed by atoms with E-state index >= 15 is 0 Å². The van der Waals surface area contributed by atoms with Gasteiger partial charge in [0.2, 0.25) is 0 Å². The van der Waals surface area contributed by atoms with Crippen LogP contribution in [0.1, 0.15) is 35.6 Å². The van der Waals surface area contributed by atoms with E-state index in [1.807, 2.05) is 17.4 Å². The Bertz CT molecular complexity index is 2920. The molecular formula is C50H35NOS. The van der Waals surface area contributed by atoms with Crippen molar-refractivity contribution in [2.45, 2.75) is 18.8 Å². The van der Waals surface area contributed by atoms with E-state index in [0.29, 0.717) is 5.92 Å². The maximum absolute atomic E-state index is 6.42. The van der Waals surface area contributed by atoms with Crippen LogP contribution in [0.5, 0.6) is 0 Å². The minimum absolute atomic E-state index is 0.482. The first kappa shape index (κ1) is 30.5. The number of furan rings is 1. The molecule has 0 amide bonds. The molecule has 53 heavy (non-hydrogen) atoms. The van der Waals surface area contributed by atoms with Gasteiger partial charge in [0.05, 0.1) is 16.5 Å². The highest BCUT2D eigenvalue weighted by atomic mass is 32.1. The first-order valence-electron chi connectivity index (χ1n) is 18.5. The highest BCUT2D eigenvalue weighted by Crippen LogP contribution is 2.58. The molecule has 0 fully saturated rings. The molecule has 2 aliphatic rings. The standard InChI is InChI=1S/C50H35NOS/c1-32-25-27-34(28-26-32)51(43-21-12-23-45-49(43)38-17-7-10-22-44(38)52-45)35-29-30-46-39(31-35)48-42(20-11-24-47(48)53-46)50(33-13-3-2-4-14-33)40-18-8-5-15-36(40)37-16-6-9-19-41(37)50/h2-25,27-32H,26H2,1H3. The van der Waals surface area contributed by atoms with E-state index in [-0.39, 0.29) is 0 Å². The van der Waals surface area contributed by atoms with Crippen LogP contribution in [-0.2, 0) is 5.41 Å². The number of nitrogens with zero attached hydrogens (tertiary/aromatic N) is 1. The van der Waals surface area contributed by atoms with Crippen LogP contribution in [0.15, 0.2) is 186 Å². The van der Waals surface area contributed by atoms with Crippen molar-refractivity contribution in [1.29, 1.82) is 0 Å². The van der Waals surface area contributed by atoms with Crippen LogP contribution in [0.2, 0.25) is 0 Å². The summed E-state index contributed by atoms with van der Waals surface area (Å²) in [5, 5.41) is 4.86. The van der Waals surface area contributed by atoms with Gasteiger partial charge in [0.1, 0.15) is 11.2 Å². The lowest BCUT2D eigenvalue weighted by molar-refractivity contribution is 0.669. The average molecular weight is 698 g/mol. The summed E-state index contributed by atoms with van der Waals surface area (Å²) in [4.78, 5) is 2.45. The minimum Gasteiger partial charge on any atom is -0.456 e. The van der Waals surface area contributed by atoms with Crippen LogP contribution >= 0.6 is 11.3 Å². The number of anilines is 2. The normalized spacial score (nSPS) is 15.9. The molecule has 0 saturated heterocycles. The zero-order valence-corrected chi connectivity index (χ0v) is 30.1. The Morgan fingerprint density at radius 2 is 1.30 bits per heavy atom. The van der Waals surface area contributed by atoms with Crippen molar-refractivity contribution in [1.82, 2.24) is 0 Å². The van der Waals surface area contributed by atoms with Gasteiger partial charge < -0.3 is 9.32 Å². The highest BCUT2D eigenvalue weighted by molar-refractivity contribution is 7.25. The molecule has 9 aromatic rings. The molecule has 2 aromatic heterocycles. The van der Waals surface area contributed by atoms with Crippen molar-refractivity contribution >= 4 is 64.8 Å². The monoisotopic (exact) mass is 697 g/mol. The topological polar surface area (TPSA) is 16.4 Å². The van der Waals surface area contributed by atoms with Gasteiger partial charge in [-0.1, -0.05) is 134 Å². The van der Waals surface area contributed by atoms with E-state index in [9.17, 15) is 0 Å². The van der Waals surface area contributed by atoms with Crippen LogP contribution in [0.3, 0.4) is 0 Å². The molecular weight excluding hydrogens is 663 g/mol. The number of para-hydroxylation sites is 1. The highest BCUT2D eigenvalue weighted by Gasteiger charge is 2.47. The first-order valence-corrected chi connectivity index (χ1v) is 19.3. The lowest BCUT2D eigenvalue weighted by atomic mass is 9.66. The van der Waals surface area contributed by atoms with Gasteiger partial charge in [-0.15, -0.1) is 11.3 Å². The summed E-state index contributed by atoms with van der Waals surface area (Å²) in [6.07, 6.45) is 8.03. The number of hydrogen-bond acceptors (Lipinski definition) is 3. The number of fused-ring (bicyclic) bond motifs is 9. The lowest BCUT2D eigenvalue weighted by Crippen LogP contribution is -2.28. The largest absolute Gasteiger partial charge is 0.456 e. The Morgan fingerprint density at radius 3 is 2.09 bits per heavy atom. The molecule has 0 radical (unpaired) electrons. The second kappa shape index (κ2) is 11.7. The van der Waals surface area contributed by atoms with Gasteiger partial charge in [-0.25, -0.2) is 0 Å². The molecule has 2 aliphatic carbocycles. The van der Waals surface area contributed by atoms with E-state index in [2.05, 4.69) is 182 Å². The van der Waals surface area contributed by atoms with Crippen molar-refractivity contribution in [2.24, 2.45) is 5.92 Å². The maximum Gasteiger partial charge on any atom is 0.137 e. The first-order chi connectivity index (χ1) is 26.2. The van der Waals surface area contributed by atoms with Crippen LogP contribution in [0.4, 0.5) is 11.4 Å². The number of rotatable bonds is 5. The van der Waals surface area contributed by atoms with Gasteiger partial charge in [-0.2, -0.15) is 0 Å². The number of thiophene rings is 1. The summed E-state index contributed by atoms with van der Waals surface area (Å²) in [7, 11) is 0. The minimum atomic E-state index is -0.482. The number of benzene rings is 7. The summed E-state index contributed by atoms with van der Waals surface area (Å²) < 4.78 is 9.00. The predicted octanol–water partition coefficient (Wildman–Crippen LogP) is 13.9. The van der Waals surface area contributed by atoms with Crippen LogP contribution in [0, 0.1) is 5.92 Å². The fraction of sp³-hybridized carbons (Fsp3) is 0.0800. The zero-order chi connectivity index (χ0) is 35.1. The van der Waals surface area contributed by atoms with Gasteiger partial charge in [0, 0.05) is 36.9 Å². The van der Waals surface area contributed by atoms with Gasteiger partial charge in [0.25, 0.3) is 0 Å². The van der Waals surface area contributed by atoms with E-state index in [4.69, 9.17) is 4.42 Å². The Hall–Kier alpha value is -6.16. The molecule has 7 aromatic carbocycles. The van der Waals surface area contributed by atoms with Crippen LogP contribution < -0.4 is 4.90 Å². The van der Waals surface area contributed by atoms with Gasteiger partial charge in [-0.05, 0) is 94.3 Å². The molecule has 0 saturated carbocycles. The third-order valence-corrected chi connectivity index (χ3v) is 12.6. The average Bonchev–Trinajstić information content (AvgIpc) is 3.88. The van der Waals surface area contributed by atoms with Crippen molar-refractivity contribution in [3.05, 3.63) is 204 Å². The van der Waals surface area contributed by atoms with Crippen molar-refractivity contribution in [2.75, 3.05) is 4.90 Å². The summed E-state index contributed by atoms with van der Waals surface area (Å²) in [6, 6.07) is 58.1. The van der Waals surface area contributed by atoms with Gasteiger partial charge in [0.15, 0.2) is 0 Å². The molecule has 3 heteroatoms. The van der Waals surface area contributed by atoms with E-state index in [1.54, 1.807) is 0 Å².